The Morgan fingerprint density at radius 2 is 1.88 bits per heavy atom. The van der Waals surface area contributed by atoms with Crippen LogP contribution in [-0.4, -0.2) is 19.0 Å². The molecule has 17 heavy (non-hydrogen) atoms. The highest BCUT2D eigenvalue weighted by Crippen LogP contribution is 2.07. The standard InChI is InChI=1S/C13H21N3O/c14-9-1-2-10-16-13(17)8-5-11-3-6-12(15)7-4-11/h3-4,6-7H,1-2,5,8-10,14-15H2,(H,16,17). The molecule has 0 fully saturated rings. The minimum Gasteiger partial charge on any atom is -0.399 e. The maximum absolute atomic E-state index is 11.5. The molecule has 0 aliphatic carbocycles. The lowest BCUT2D eigenvalue weighted by atomic mass is 10.1. The molecular weight excluding hydrogens is 214 g/mol. The second kappa shape index (κ2) is 7.68. The fraction of sp³-hybridized carbons (Fsp3) is 0.462. The molecular formula is C13H21N3O. The van der Waals surface area contributed by atoms with Crippen LogP contribution in [0.1, 0.15) is 24.8 Å². The fourth-order valence-corrected chi connectivity index (χ4v) is 1.53. The summed E-state index contributed by atoms with van der Waals surface area (Å²) in [4.78, 5) is 11.5. The van der Waals surface area contributed by atoms with Crippen molar-refractivity contribution in [3.05, 3.63) is 29.8 Å². The van der Waals surface area contributed by atoms with Gasteiger partial charge in [0.1, 0.15) is 0 Å². The number of carbonyl (C=O) groups is 1. The van der Waals surface area contributed by atoms with Gasteiger partial charge < -0.3 is 16.8 Å². The number of nitrogens with two attached hydrogens (primary N) is 2. The van der Waals surface area contributed by atoms with Gasteiger partial charge in [0.25, 0.3) is 0 Å². The van der Waals surface area contributed by atoms with E-state index in [1.54, 1.807) is 0 Å². The van der Waals surface area contributed by atoms with Gasteiger partial charge in [0, 0.05) is 18.7 Å². The third-order valence-corrected chi connectivity index (χ3v) is 2.57. The van der Waals surface area contributed by atoms with Crippen molar-refractivity contribution in [2.45, 2.75) is 25.7 Å². The van der Waals surface area contributed by atoms with Crippen molar-refractivity contribution in [3.63, 3.8) is 0 Å². The van der Waals surface area contributed by atoms with Gasteiger partial charge in [-0.25, -0.2) is 0 Å². The summed E-state index contributed by atoms with van der Waals surface area (Å²) in [5.41, 5.74) is 12.8. The van der Waals surface area contributed by atoms with Crippen molar-refractivity contribution in [2.75, 3.05) is 18.8 Å². The zero-order chi connectivity index (χ0) is 12.5. The number of anilines is 1. The maximum atomic E-state index is 11.5. The SMILES string of the molecule is NCCCCNC(=O)CCc1ccc(N)cc1. The molecule has 0 aromatic heterocycles. The van der Waals surface area contributed by atoms with E-state index in [0.29, 0.717) is 13.0 Å². The monoisotopic (exact) mass is 235 g/mol. The van der Waals surface area contributed by atoms with Crippen molar-refractivity contribution >= 4 is 11.6 Å². The van der Waals surface area contributed by atoms with Crippen LogP contribution < -0.4 is 16.8 Å². The van der Waals surface area contributed by atoms with Gasteiger partial charge in [0.15, 0.2) is 0 Å². The van der Waals surface area contributed by atoms with Crippen LogP contribution in [0.4, 0.5) is 5.69 Å². The number of benzene rings is 1. The van der Waals surface area contributed by atoms with Gasteiger partial charge in [-0.05, 0) is 43.5 Å². The lowest BCUT2D eigenvalue weighted by Gasteiger charge is -2.05. The summed E-state index contributed by atoms with van der Waals surface area (Å²) in [7, 11) is 0. The lowest BCUT2D eigenvalue weighted by Crippen LogP contribution is -2.25. The second-order valence-electron chi connectivity index (χ2n) is 4.09. The summed E-state index contributed by atoms with van der Waals surface area (Å²) in [6.45, 7) is 1.40. The molecule has 0 saturated carbocycles. The van der Waals surface area contributed by atoms with E-state index in [-0.39, 0.29) is 5.91 Å². The molecule has 1 aromatic carbocycles. The molecule has 0 aliphatic rings. The van der Waals surface area contributed by atoms with Crippen molar-refractivity contribution in [1.82, 2.24) is 5.32 Å². The van der Waals surface area contributed by atoms with Gasteiger partial charge in [-0.3, -0.25) is 4.79 Å². The van der Waals surface area contributed by atoms with Crippen LogP contribution in [0.5, 0.6) is 0 Å². The van der Waals surface area contributed by atoms with Gasteiger partial charge in [-0.1, -0.05) is 12.1 Å². The zero-order valence-corrected chi connectivity index (χ0v) is 10.1. The second-order valence-corrected chi connectivity index (χ2v) is 4.09. The number of hydrogen-bond acceptors (Lipinski definition) is 3. The number of nitrogen functional groups attached to an aromatic ring is 1. The Balaban J connectivity index is 2.17. The average molecular weight is 235 g/mol. The van der Waals surface area contributed by atoms with E-state index in [2.05, 4.69) is 5.32 Å². The largest absolute Gasteiger partial charge is 0.399 e. The minimum absolute atomic E-state index is 0.0962. The molecule has 0 heterocycles. The molecule has 0 saturated heterocycles. The Labute approximate surface area is 102 Å². The van der Waals surface area contributed by atoms with Crippen LogP contribution in [0.25, 0.3) is 0 Å². The molecule has 4 nitrogen and oxygen atoms in total. The molecule has 4 heteroatoms. The third-order valence-electron chi connectivity index (χ3n) is 2.57. The maximum Gasteiger partial charge on any atom is 0.220 e. The highest BCUT2D eigenvalue weighted by Gasteiger charge is 2.01. The highest BCUT2D eigenvalue weighted by atomic mass is 16.1. The molecule has 0 aliphatic heterocycles. The van der Waals surface area contributed by atoms with Crippen LogP contribution in [0.2, 0.25) is 0 Å². The van der Waals surface area contributed by atoms with Gasteiger partial charge in [0.2, 0.25) is 5.91 Å². The molecule has 0 bridgehead atoms. The summed E-state index contributed by atoms with van der Waals surface area (Å²) < 4.78 is 0. The van der Waals surface area contributed by atoms with Crippen LogP contribution in [0, 0.1) is 0 Å². The molecule has 0 unspecified atom stereocenters. The van der Waals surface area contributed by atoms with Crippen LogP contribution >= 0.6 is 0 Å². The molecule has 1 rings (SSSR count). The van der Waals surface area contributed by atoms with Crippen molar-refractivity contribution in [2.24, 2.45) is 5.73 Å². The smallest absolute Gasteiger partial charge is 0.220 e. The molecule has 0 spiro atoms. The minimum atomic E-state index is 0.0962. The Morgan fingerprint density at radius 1 is 1.18 bits per heavy atom. The predicted octanol–water partition coefficient (Wildman–Crippen LogP) is 1.06. The topological polar surface area (TPSA) is 81.1 Å². The molecule has 0 atom stereocenters. The summed E-state index contributed by atoms with van der Waals surface area (Å²) in [5, 5.41) is 2.88. The van der Waals surface area contributed by atoms with E-state index in [0.717, 1.165) is 37.1 Å². The summed E-state index contributed by atoms with van der Waals surface area (Å²) in [6, 6.07) is 7.62. The van der Waals surface area contributed by atoms with E-state index in [1.165, 1.54) is 0 Å². The van der Waals surface area contributed by atoms with Gasteiger partial charge in [0.05, 0.1) is 0 Å². The van der Waals surface area contributed by atoms with Crippen LogP contribution in [0.3, 0.4) is 0 Å². The summed E-state index contributed by atoms with van der Waals surface area (Å²) in [6.07, 6.45) is 3.18. The molecule has 94 valence electrons. The lowest BCUT2D eigenvalue weighted by molar-refractivity contribution is -0.121. The molecule has 0 radical (unpaired) electrons. The molecule has 1 aromatic rings. The van der Waals surface area contributed by atoms with E-state index in [1.807, 2.05) is 24.3 Å². The Morgan fingerprint density at radius 3 is 2.53 bits per heavy atom. The number of unbranched alkanes of at least 4 members (excludes halogenated alkanes) is 1. The average Bonchev–Trinajstić information content (AvgIpc) is 2.34. The van der Waals surface area contributed by atoms with Gasteiger partial charge in [-0.2, -0.15) is 0 Å². The summed E-state index contributed by atoms with van der Waals surface area (Å²) in [5.74, 6) is 0.0962. The quantitative estimate of drug-likeness (QED) is 0.488. The number of rotatable bonds is 7. The number of aryl methyl sites for hydroxylation is 1. The Hall–Kier alpha value is -1.55. The van der Waals surface area contributed by atoms with Crippen molar-refractivity contribution in [3.8, 4) is 0 Å². The third kappa shape index (κ3) is 5.92. The first kappa shape index (κ1) is 13.5. The zero-order valence-electron chi connectivity index (χ0n) is 10.1. The van der Waals surface area contributed by atoms with Crippen molar-refractivity contribution in [1.29, 1.82) is 0 Å². The highest BCUT2D eigenvalue weighted by molar-refractivity contribution is 5.76. The first-order chi connectivity index (χ1) is 8.22. The van der Waals surface area contributed by atoms with E-state index in [9.17, 15) is 4.79 Å². The van der Waals surface area contributed by atoms with Crippen molar-refractivity contribution < 1.29 is 4.79 Å². The summed E-state index contributed by atoms with van der Waals surface area (Å²) >= 11 is 0. The van der Waals surface area contributed by atoms with Crippen LogP contribution in [0.15, 0.2) is 24.3 Å². The Kier molecular flexibility index (Phi) is 6.10. The predicted molar refractivity (Wildman–Crippen MR) is 70.5 cm³/mol. The number of carbonyl (C=O) groups excluding carboxylic acids is 1. The first-order valence-corrected chi connectivity index (χ1v) is 6.03. The number of hydrogen-bond donors (Lipinski definition) is 3. The van der Waals surface area contributed by atoms with Gasteiger partial charge in [-0.15, -0.1) is 0 Å². The fourth-order valence-electron chi connectivity index (χ4n) is 1.53. The first-order valence-electron chi connectivity index (χ1n) is 6.03. The molecule has 1 amide bonds. The normalized spacial score (nSPS) is 10.2. The van der Waals surface area contributed by atoms with E-state index < -0.39 is 0 Å². The van der Waals surface area contributed by atoms with Gasteiger partial charge >= 0.3 is 0 Å². The van der Waals surface area contributed by atoms with E-state index >= 15 is 0 Å². The number of nitrogens with one attached hydrogen (secondary N) is 1. The molecule has 5 N–H and O–H groups in total. The Bertz CT molecular complexity index is 335. The van der Waals surface area contributed by atoms with E-state index in [4.69, 9.17) is 11.5 Å². The number of amides is 1. The van der Waals surface area contributed by atoms with Crippen LogP contribution in [-0.2, 0) is 11.2 Å².